The fourth-order valence-corrected chi connectivity index (χ4v) is 3.38. The van der Waals surface area contributed by atoms with Crippen LogP contribution in [-0.2, 0) is 4.74 Å². The SMILES string of the molecule is Cc1c(Cl)cccc1NC(=O)c1cc(N)cc2[nH]c([C@H]3CCCO3)nc12. The molecule has 7 heteroatoms. The lowest BCUT2D eigenvalue weighted by Crippen LogP contribution is -2.14. The summed E-state index contributed by atoms with van der Waals surface area (Å²) in [7, 11) is 0. The molecule has 6 nitrogen and oxygen atoms in total. The number of H-pyrrole nitrogens is 1. The van der Waals surface area contributed by atoms with Crippen molar-refractivity contribution in [3.63, 3.8) is 0 Å². The summed E-state index contributed by atoms with van der Waals surface area (Å²) in [5, 5.41) is 3.50. The minimum absolute atomic E-state index is 0.0605. The number of benzene rings is 2. The number of amides is 1. The number of aromatic nitrogens is 2. The fraction of sp³-hybridized carbons (Fsp3) is 0.263. The van der Waals surface area contributed by atoms with Gasteiger partial charge in [0.05, 0.1) is 11.1 Å². The summed E-state index contributed by atoms with van der Waals surface area (Å²) in [4.78, 5) is 20.7. The van der Waals surface area contributed by atoms with Crippen molar-refractivity contribution in [2.45, 2.75) is 25.9 Å². The van der Waals surface area contributed by atoms with Crippen LogP contribution in [0.1, 0.15) is 40.7 Å². The number of nitrogen functional groups attached to an aromatic ring is 1. The first-order valence-corrected chi connectivity index (χ1v) is 8.88. The molecule has 4 N–H and O–H groups in total. The van der Waals surface area contributed by atoms with E-state index in [1.54, 1.807) is 24.3 Å². The van der Waals surface area contributed by atoms with Gasteiger partial charge in [0, 0.05) is 23.0 Å². The number of fused-ring (bicyclic) bond motifs is 1. The number of carbonyl (C=O) groups is 1. The molecular weight excluding hydrogens is 352 g/mol. The molecule has 1 saturated heterocycles. The van der Waals surface area contributed by atoms with Crippen LogP contribution in [0, 0.1) is 6.92 Å². The number of ether oxygens (including phenoxy) is 1. The van der Waals surface area contributed by atoms with Crippen LogP contribution in [0.4, 0.5) is 11.4 Å². The molecule has 0 aliphatic carbocycles. The molecule has 0 spiro atoms. The second-order valence-corrected chi connectivity index (χ2v) is 6.86. The monoisotopic (exact) mass is 370 g/mol. The Morgan fingerprint density at radius 2 is 2.27 bits per heavy atom. The second-order valence-electron chi connectivity index (χ2n) is 6.45. The Morgan fingerprint density at radius 1 is 1.42 bits per heavy atom. The van der Waals surface area contributed by atoms with Crippen LogP contribution in [-0.4, -0.2) is 22.5 Å². The first-order chi connectivity index (χ1) is 12.5. The Bertz CT molecular complexity index is 993. The van der Waals surface area contributed by atoms with Crippen LogP contribution in [0.3, 0.4) is 0 Å². The molecule has 0 unspecified atom stereocenters. The summed E-state index contributed by atoms with van der Waals surface area (Å²) in [5.74, 6) is 0.453. The molecule has 1 fully saturated rings. The molecule has 134 valence electrons. The Labute approximate surface area is 155 Å². The molecule has 4 rings (SSSR count). The van der Waals surface area contributed by atoms with Crippen LogP contribution in [0.2, 0.25) is 5.02 Å². The van der Waals surface area contributed by atoms with E-state index in [2.05, 4.69) is 15.3 Å². The zero-order chi connectivity index (χ0) is 18.3. The number of nitrogens with zero attached hydrogens (tertiary/aromatic N) is 1. The average Bonchev–Trinajstić information content (AvgIpc) is 3.27. The summed E-state index contributed by atoms with van der Waals surface area (Å²) in [5.41, 5.74) is 9.68. The summed E-state index contributed by atoms with van der Waals surface area (Å²) in [6.45, 7) is 2.59. The standard InChI is InChI=1S/C19H19ClN4O2/c1-10-13(20)4-2-5-14(10)23-19(25)12-8-11(21)9-15-17(12)24-18(22-15)16-6-3-7-26-16/h2,4-5,8-9,16H,3,6-7,21H2,1H3,(H,22,24)(H,23,25)/t16-/m1/s1. The van der Waals surface area contributed by atoms with Crippen LogP contribution < -0.4 is 11.1 Å². The first kappa shape index (κ1) is 16.9. The molecule has 0 bridgehead atoms. The lowest BCUT2D eigenvalue weighted by molar-refractivity contribution is 0.102. The Balaban J connectivity index is 1.72. The van der Waals surface area contributed by atoms with Gasteiger partial charge in [0.1, 0.15) is 17.4 Å². The van der Waals surface area contributed by atoms with Gasteiger partial charge in [-0.3, -0.25) is 4.79 Å². The topological polar surface area (TPSA) is 93.0 Å². The number of hydrogen-bond donors (Lipinski definition) is 3. The number of imidazole rings is 1. The molecule has 2 heterocycles. The number of halogens is 1. The normalized spacial score (nSPS) is 16.9. The summed E-state index contributed by atoms with van der Waals surface area (Å²) in [6, 6.07) is 8.81. The third-order valence-electron chi connectivity index (χ3n) is 4.62. The van der Waals surface area contributed by atoms with Gasteiger partial charge in [-0.2, -0.15) is 0 Å². The lowest BCUT2D eigenvalue weighted by atomic mass is 10.1. The van der Waals surface area contributed by atoms with Gasteiger partial charge < -0.3 is 20.8 Å². The van der Waals surface area contributed by atoms with Gasteiger partial charge in [0.15, 0.2) is 0 Å². The van der Waals surface area contributed by atoms with Crippen molar-refractivity contribution in [1.29, 1.82) is 0 Å². The number of nitrogens with two attached hydrogens (primary N) is 1. The predicted octanol–water partition coefficient (Wildman–Crippen LogP) is 4.21. The largest absolute Gasteiger partial charge is 0.399 e. The molecule has 1 atom stereocenters. The summed E-state index contributed by atoms with van der Waals surface area (Å²) in [6.07, 6.45) is 1.86. The fourth-order valence-electron chi connectivity index (χ4n) is 3.21. The molecule has 3 aromatic rings. The van der Waals surface area contributed by atoms with Crippen molar-refractivity contribution in [3.05, 3.63) is 52.3 Å². The van der Waals surface area contributed by atoms with Crippen molar-refractivity contribution in [2.24, 2.45) is 0 Å². The van der Waals surface area contributed by atoms with E-state index in [0.29, 0.717) is 27.5 Å². The molecule has 1 amide bonds. The first-order valence-electron chi connectivity index (χ1n) is 8.50. The van der Waals surface area contributed by atoms with Crippen molar-refractivity contribution >= 4 is 39.9 Å². The number of aromatic amines is 1. The van der Waals surface area contributed by atoms with E-state index in [-0.39, 0.29) is 12.0 Å². The predicted molar refractivity (Wildman–Crippen MR) is 103 cm³/mol. The van der Waals surface area contributed by atoms with Crippen molar-refractivity contribution in [2.75, 3.05) is 17.7 Å². The highest BCUT2D eigenvalue weighted by Gasteiger charge is 2.23. The molecule has 2 aromatic carbocycles. The van der Waals surface area contributed by atoms with E-state index in [4.69, 9.17) is 22.1 Å². The molecular formula is C19H19ClN4O2. The third kappa shape index (κ3) is 3.02. The minimum atomic E-state index is -0.280. The highest BCUT2D eigenvalue weighted by Crippen LogP contribution is 2.30. The third-order valence-corrected chi connectivity index (χ3v) is 5.03. The molecule has 1 aromatic heterocycles. The van der Waals surface area contributed by atoms with Gasteiger partial charge in [0.25, 0.3) is 5.91 Å². The van der Waals surface area contributed by atoms with Crippen LogP contribution in [0.5, 0.6) is 0 Å². The number of carbonyl (C=O) groups excluding carboxylic acids is 1. The van der Waals surface area contributed by atoms with Crippen LogP contribution >= 0.6 is 11.6 Å². The van der Waals surface area contributed by atoms with E-state index in [1.807, 2.05) is 13.0 Å². The lowest BCUT2D eigenvalue weighted by Gasteiger charge is -2.10. The highest BCUT2D eigenvalue weighted by molar-refractivity contribution is 6.31. The number of anilines is 2. The minimum Gasteiger partial charge on any atom is -0.399 e. The Morgan fingerprint density at radius 3 is 3.04 bits per heavy atom. The second kappa shape index (κ2) is 6.63. The molecule has 1 aliphatic rings. The zero-order valence-corrected chi connectivity index (χ0v) is 15.1. The van der Waals surface area contributed by atoms with Crippen molar-refractivity contribution in [1.82, 2.24) is 9.97 Å². The smallest absolute Gasteiger partial charge is 0.258 e. The van der Waals surface area contributed by atoms with Gasteiger partial charge in [-0.05, 0) is 49.6 Å². The average molecular weight is 371 g/mol. The maximum Gasteiger partial charge on any atom is 0.258 e. The van der Waals surface area contributed by atoms with E-state index in [9.17, 15) is 4.79 Å². The Hall–Kier alpha value is -2.57. The van der Waals surface area contributed by atoms with Gasteiger partial charge >= 0.3 is 0 Å². The maximum absolute atomic E-state index is 12.9. The highest BCUT2D eigenvalue weighted by atomic mass is 35.5. The molecule has 1 aliphatic heterocycles. The van der Waals surface area contributed by atoms with E-state index in [1.165, 1.54) is 0 Å². The van der Waals surface area contributed by atoms with Crippen molar-refractivity contribution < 1.29 is 9.53 Å². The number of nitrogens with one attached hydrogen (secondary N) is 2. The maximum atomic E-state index is 12.9. The molecule has 26 heavy (non-hydrogen) atoms. The quantitative estimate of drug-likeness (QED) is 0.602. The Kier molecular flexibility index (Phi) is 4.30. The zero-order valence-electron chi connectivity index (χ0n) is 14.3. The van der Waals surface area contributed by atoms with Gasteiger partial charge in [0.2, 0.25) is 0 Å². The molecule has 0 radical (unpaired) electrons. The van der Waals surface area contributed by atoms with Crippen molar-refractivity contribution in [3.8, 4) is 0 Å². The van der Waals surface area contributed by atoms with E-state index in [0.717, 1.165) is 36.4 Å². The van der Waals surface area contributed by atoms with Gasteiger partial charge in [-0.25, -0.2) is 4.98 Å². The van der Waals surface area contributed by atoms with Gasteiger partial charge in [-0.15, -0.1) is 0 Å². The van der Waals surface area contributed by atoms with Gasteiger partial charge in [-0.1, -0.05) is 17.7 Å². The molecule has 0 saturated carbocycles. The van der Waals surface area contributed by atoms with Crippen LogP contribution in [0.25, 0.3) is 11.0 Å². The summed E-state index contributed by atoms with van der Waals surface area (Å²) >= 11 is 6.14. The number of rotatable bonds is 3. The number of hydrogen-bond acceptors (Lipinski definition) is 4. The van der Waals surface area contributed by atoms with E-state index < -0.39 is 0 Å². The van der Waals surface area contributed by atoms with E-state index >= 15 is 0 Å². The summed E-state index contributed by atoms with van der Waals surface area (Å²) < 4.78 is 5.68. The van der Waals surface area contributed by atoms with Crippen LogP contribution in [0.15, 0.2) is 30.3 Å².